The van der Waals surface area contributed by atoms with Crippen LogP contribution in [0.5, 0.6) is 0 Å². The number of likely N-dealkylation sites (N-methyl/N-ethyl adjacent to an activating group) is 1. The lowest BCUT2D eigenvalue weighted by atomic mass is 10.2. The lowest BCUT2D eigenvalue weighted by Crippen LogP contribution is -2.44. The second-order valence-electron chi connectivity index (χ2n) is 5.36. The fraction of sp³-hybridized carbons (Fsp3) is 0.333. The van der Waals surface area contributed by atoms with Gasteiger partial charge in [-0.15, -0.1) is 11.3 Å². The molecule has 1 aliphatic rings. The highest BCUT2D eigenvalue weighted by Crippen LogP contribution is 2.20. The van der Waals surface area contributed by atoms with Crippen LogP contribution >= 0.6 is 11.3 Å². The van der Waals surface area contributed by atoms with Gasteiger partial charge in [-0.3, -0.25) is 4.79 Å². The molecule has 0 saturated carbocycles. The first-order valence-corrected chi connectivity index (χ1v) is 8.06. The van der Waals surface area contributed by atoms with Crippen LogP contribution in [0.4, 0.5) is 16.5 Å². The first-order chi connectivity index (χ1) is 10.6. The molecule has 6 nitrogen and oxygen atoms in total. The number of carbonyl (C=O) groups excluding carboxylic acids is 1. The molecule has 1 aliphatic heterocycles. The van der Waals surface area contributed by atoms with Gasteiger partial charge in [0.1, 0.15) is 5.69 Å². The maximum Gasteiger partial charge on any atom is 0.275 e. The number of hydrogen-bond acceptors (Lipinski definition) is 6. The van der Waals surface area contributed by atoms with Crippen LogP contribution in [0.15, 0.2) is 29.6 Å². The molecule has 1 aromatic heterocycles. The summed E-state index contributed by atoms with van der Waals surface area (Å²) in [5.41, 5.74) is 7.84. The monoisotopic (exact) mass is 317 g/mol. The van der Waals surface area contributed by atoms with E-state index in [0.29, 0.717) is 10.8 Å². The van der Waals surface area contributed by atoms with Crippen molar-refractivity contribution in [3.05, 3.63) is 35.3 Å². The second kappa shape index (κ2) is 6.33. The van der Waals surface area contributed by atoms with E-state index in [-0.39, 0.29) is 5.91 Å². The zero-order chi connectivity index (χ0) is 15.5. The number of piperazine rings is 1. The number of anilines is 3. The normalized spacial score (nSPS) is 15.8. The summed E-state index contributed by atoms with van der Waals surface area (Å²) in [6, 6.07) is 7.91. The molecule has 116 valence electrons. The third-order valence-corrected chi connectivity index (χ3v) is 4.42. The number of carbonyl (C=O) groups is 1. The van der Waals surface area contributed by atoms with Gasteiger partial charge in [0.25, 0.3) is 5.91 Å². The first kappa shape index (κ1) is 14.8. The summed E-state index contributed by atoms with van der Waals surface area (Å²) < 4.78 is 0. The Balaban J connectivity index is 1.63. The van der Waals surface area contributed by atoms with Gasteiger partial charge < -0.3 is 20.9 Å². The smallest absolute Gasteiger partial charge is 0.275 e. The molecule has 1 saturated heterocycles. The van der Waals surface area contributed by atoms with Crippen LogP contribution < -0.4 is 16.0 Å². The molecule has 3 N–H and O–H groups in total. The van der Waals surface area contributed by atoms with Gasteiger partial charge in [-0.1, -0.05) is 0 Å². The summed E-state index contributed by atoms with van der Waals surface area (Å²) in [4.78, 5) is 20.7. The van der Waals surface area contributed by atoms with E-state index in [1.165, 1.54) is 17.0 Å². The van der Waals surface area contributed by atoms with Gasteiger partial charge in [0, 0.05) is 42.9 Å². The average molecular weight is 317 g/mol. The van der Waals surface area contributed by atoms with Gasteiger partial charge in [-0.05, 0) is 31.3 Å². The summed E-state index contributed by atoms with van der Waals surface area (Å²) in [7, 11) is 2.14. The number of nitrogens with two attached hydrogens (primary N) is 1. The predicted molar refractivity (Wildman–Crippen MR) is 90.6 cm³/mol. The highest BCUT2D eigenvalue weighted by atomic mass is 32.1. The molecule has 0 aliphatic carbocycles. The summed E-state index contributed by atoms with van der Waals surface area (Å²) in [6.07, 6.45) is 0. The van der Waals surface area contributed by atoms with E-state index in [4.69, 9.17) is 5.73 Å². The van der Waals surface area contributed by atoms with Crippen molar-refractivity contribution in [2.45, 2.75) is 0 Å². The maximum absolute atomic E-state index is 12.0. The molecule has 0 bridgehead atoms. The van der Waals surface area contributed by atoms with Crippen LogP contribution in [0.25, 0.3) is 0 Å². The molecule has 1 amide bonds. The molecule has 0 spiro atoms. The van der Waals surface area contributed by atoms with Crippen LogP contribution in [0.2, 0.25) is 0 Å². The predicted octanol–water partition coefficient (Wildman–Crippen LogP) is 1.73. The van der Waals surface area contributed by atoms with Crippen LogP contribution in [0, 0.1) is 0 Å². The number of nitrogens with zero attached hydrogens (tertiary/aromatic N) is 3. The van der Waals surface area contributed by atoms with Crippen LogP contribution in [-0.4, -0.2) is 49.0 Å². The van der Waals surface area contributed by atoms with Crippen molar-refractivity contribution in [1.82, 2.24) is 9.88 Å². The third-order valence-electron chi connectivity index (χ3n) is 3.75. The van der Waals surface area contributed by atoms with E-state index in [0.717, 1.165) is 31.9 Å². The number of rotatable bonds is 3. The molecule has 1 aromatic carbocycles. The summed E-state index contributed by atoms with van der Waals surface area (Å²) >= 11 is 1.26. The van der Waals surface area contributed by atoms with Crippen molar-refractivity contribution in [3.8, 4) is 0 Å². The fourth-order valence-electron chi connectivity index (χ4n) is 2.41. The van der Waals surface area contributed by atoms with Gasteiger partial charge in [0.15, 0.2) is 5.13 Å². The lowest BCUT2D eigenvalue weighted by Gasteiger charge is -2.34. The van der Waals surface area contributed by atoms with Crippen molar-refractivity contribution in [2.24, 2.45) is 0 Å². The topological polar surface area (TPSA) is 74.5 Å². The average Bonchev–Trinajstić information content (AvgIpc) is 2.96. The molecule has 0 atom stereocenters. The van der Waals surface area contributed by atoms with E-state index in [1.54, 1.807) is 5.38 Å². The molecule has 3 rings (SSSR count). The summed E-state index contributed by atoms with van der Waals surface area (Å²) in [5, 5.41) is 4.89. The molecule has 0 unspecified atom stereocenters. The molecule has 2 aromatic rings. The Morgan fingerprint density at radius 3 is 2.50 bits per heavy atom. The third kappa shape index (κ3) is 3.37. The first-order valence-electron chi connectivity index (χ1n) is 7.18. The van der Waals surface area contributed by atoms with Crippen molar-refractivity contribution in [3.63, 3.8) is 0 Å². The van der Waals surface area contributed by atoms with Crippen molar-refractivity contribution in [2.75, 3.05) is 49.2 Å². The maximum atomic E-state index is 12.0. The highest BCUT2D eigenvalue weighted by molar-refractivity contribution is 7.13. The van der Waals surface area contributed by atoms with Gasteiger partial charge in [0.05, 0.1) is 0 Å². The largest absolute Gasteiger partial charge is 0.375 e. The number of hydrogen-bond donors (Lipinski definition) is 2. The SMILES string of the molecule is CN1CCN(c2ccc(NC(=O)c3csc(N)n3)cc2)CC1. The summed E-state index contributed by atoms with van der Waals surface area (Å²) in [6.45, 7) is 4.20. The van der Waals surface area contributed by atoms with E-state index >= 15 is 0 Å². The van der Waals surface area contributed by atoms with Crippen LogP contribution in [0.3, 0.4) is 0 Å². The number of aromatic nitrogens is 1. The Labute approximate surface area is 133 Å². The number of benzene rings is 1. The Kier molecular flexibility index (Phi) is 4.26. The summed E-state index contributed by atoms with van der Waals surface area (Å²) in [5.74, 6) is -0.236. The Hall–Kier alpha value is -2.12. The Morgan fingerprint density at radius 2 is 1.91 bits per heavy atom. The van der Waals surface area contributed by atoms with E-state index in [2.05, 4.69) is 27.1 Å². The standard InChI is InChI=1S/C15H19N5OS/c1-19-6-8-20(9-7-19)12-4-2-11(3-5-12)17-14(21)13-10-22-15(16)18-13/h2-5,10H,6-9H2,1H3,(H2,16,18)(H,17,21). The number of nitrogens with one attached hydrogen (secondary N) is 1. The quantitative estimate of drug-likeness (QED) is 0.902. The zero-order valence-electron chi connectivity index (χ0n) is 12.5. The molecule has 7 heteroatoms. The van der Waals surface area contributed by atoms with Crippen molar-refractivity contribution >= 4 is 33.8 Å². The Morgan fingerprint density at radius 1 is 1.23 bits per heavy atom. The van der Waals surface area contributed by atoms with E-state index < -0.39 is 0 Å². The lowest BCUT2D eigenvalue weighted by molar-refractivity contribution is 0.102. The van der Waals surface area contributed by atoms with Crippen molar-refractivity contribution in [1.29, 1.82) is 0 Å². The van der Waals surface area contributed by atoms with E-state index in [9.17, 15) is 4.79 Å². The fourth-order valence-corrected chi connectivity index (χ4v) is 2.95. The van der Waals surface area contributed by atoms with E-state index in [1.807, 2.05) is 24.3 Å². The van der Waals surface area contributed by atoms with Gasteiger partial charge in [0.2, 0.25) is 0 Å². The van der Waals surface area contributed by atoms with Crippen LogP contribution in [-0.2, 0) is 0 Å². The minimum Gasteiger partial charge on any atom is -0.375 e. The number of amides is 1. The molecule has 2 heterocycles. The van der Waals surface area contributed by atoms with Gasteiger partial charge >= 0.3 is 0 Å². The minimum atomic E-state index is -0.236. The minimum absolute atomic E-state index is 0.236. The Bertz CT molecular complexity index is 646. The van der Waals surface area contributed by atoms with Gasteiger partial charge in [-0.25, -0.2) is 4.98 Å². The zero-order valence-corrected chi connectivity index (χ0v) is 13.3. The number of thiazole rings is 1. The molecule has 0 radical (unpaired) electrons. The molecule has 1 fully saturated rings. The second-order valence-corrected chi connectivity index (χ2v) is 6.25. The number of nitrogen functional groups attached to an aromatic ring is 1. The molecular weight excluding hydrogens is 298 g/mol. The molecule has 22 heavy (non-hydrogen) atoms. The molecular formula is C15H19N5OS. The van der Waals surface area contributed by atoms with Crippen molar-refractivity contribution < 1.29 is 4.79 Å². The van der Waals surface area contributed by atoms with Crippen LogP contribution in [0.1, 0.15) is 10.5 Å². The highest BCUT2D eigenvalue weighted by Gasteiger charge is 2.14. The van der Waals surface area contributed by atoms with Gasteiger partial charge in [-0.2, -0.15) is 0 Å².